The molecule has 2 saturated carbocycles. The van der Waals surface area contributed by atoms with Crippen LogP contribution in [0.4, 0.5) is 11.4 Å². The maximum absolute atomic E-state index is 14.5. The third kappa shape index (κ3) is 7.14. The molecule has 8 unspecified atom stereocenters. The van der Waals surface area contributed by atoms with Gasteiger partial charge < -0.3 is 0 Å². The van der Waals surface area contributed by atoms with Crippen molar-refractivity contribution in [3.63, 3.8) is 0 Å². The molecule has 2 heterocycles. The lowest BCUT2D eigenvalue weighted by Gasteiger charge is -2.27. The molecule has 0 aromatic heterocycles. The van der Waals surface area contributed by atoms with E-state index in [1.54, 1.807) is 9.80 Å². The van der Waals surface area contributed by atoms with E-state index in [2.05, 4.69) is 126 Å². The van der Waals surface area contributed by atoms with E-state index in [0.29, 0.717) is 6.42 Å². The van der Waals surface area contributed by atoms with Crippen molar-refractivity contribution >= 4 is 47.2 Å². The molecule has 6 heteroatoms. The highest BCUT2D eigenvalue weighted by Gasteiger charge is 2.63. The second-order valence-corrected chi connectivity index (χ2v) is 20.7. The van der Waals surface area contributed by atoms with Crippen LogP contribution in [0.3, 0.4) is 0 Å². The van der Waals surface area contributed by atoms with Crippen molar-refractivity contribution in [2.24, 2.45) is 47.3 Å². The summed E-state index contributed by atoms with van der Waals surface area (Å²) in [5, 5.41) is 0. The molecule has 2 saturated heterocycles. The Kier molecular flexibility index (Phi) is 10.9. The summed E-state index contributed by atoms with van der Waals surface area (Å²) in [5.74, 6) is -0.693. The number of nitrogens with zero attached hydrogens (tertiary/aromatic N) is 2. The molecule has 332 valence electrons. The molecule has 4 bridgehead atoms. The number of anilines is 2. The molecule has 4 aromatic carbocycles. The summed E-state index contributed by atoms with van der Waals surface area (Å²) in [7, 11) is 0. The summed E-state index contributed by atoms with van der Waals surface area (Å²) in [6, 6.07) is 25.7. The van der Waals surface area contributed by atoms with Crippen molar-refractivity contribution in [3.8, 4) is 0 Å². The van der Waals surface area contributed by atoms with Gasteiger partial charge in [-0.1, -0.05) is 149 Å². The zero-order valence-corrected chi connectivity index (χ0v) is 38.9. The Morgan fingerprint density at radius 2 is 0.892 bits per heavy atom. The fourth-order valence-electron chi connectivity index (χ4n) is 13.1. The highest BCUT2D eigenvalue weighted by molar-refractivity contribution is 6.24. The Balaban J connectivity index is 0.867. The van der Waals surface area contributed by atoms with Crippen LogP contribution < -0.4 is 9.80 Å². The van der Waals surface area contributed by atoms with Gasteiger partial charge in [0, 0.05) is 0 Å². The van der Waals surface area contributed by atoms with Gasteiger partial charge in [-0.05, 0) is 150 Å². The Bertz CT molecular complexity index is 2550. The second kappa shape index (κ2) is 16.5. The zero-order chi connectivity index (χ0) is 45.6. The van der Waals surface area contributed by atoms with Gasteiger partial charge in [0.15, 0.2) is 0 Å². The van der Waals surface area contributed by atoms with Crippen LogP contribution in [0.1, 0.15) is 121 Å². The minimum absolute atomic E-state index is 0.0381. The fourth-order valence-corrected chi connectivity index (χ4v) is 13.1. The van der Waals surface area contributed by atoms with Gasteiger partial charge in [-0.15, -0.1) is 0 Å². The van der Waals surface area contributed by atoms with Crippen LogP contribution in [-0.4, -0.2) is 23.6 Å². The molecule has 4 fully saturated rings. The molecule has 4 aliphatic carbocycles. The van der Waals surface area contributed by atoms with E-state index in [1.165, 1.54) is 22.3 Å². The molecule has 4 amide bonds. The lowest BCUT2D eigenvalue weighted by molar-refractivity contribution is -0.124. The minimum atomic E-state index is -0.292. The van der Waals surface area contributed by atoms with E-state index in [9.17, 15) is 19.2 Å². The van der Waals surface area contributed by atoms with Gasteiger partial charge in [0.25, 0.3) is 0 Å². The van der Waals surface area contributed by atoms with Gasteiger partial charge in [-0.3, -0.25) is 19.2 Å². The SMILES string of the molecule is C=Cc1ccc(CCC2=CC3CC2C2C(=O)N(c4c(C)cc(Cc5cc(C)c(N6C(=O)C7C8C=C(CCc9ccc(C=C)cc9)C(C8)C7C6=O)c(C(C)C)c5)cc4C(C)C)C(=O)C32)cc1. The lowest BCUT2D eigenvalue weighted by Crippen LogP contribution is -2.34. The number of aryl methyl sites for hydroxylation is 4. The zero-order valence-electron chi connectivity index (χ0n) is 38.9. The number of amides is 4. The van der Waals surface area contributed by atoms with Crippen molar-refractivity contribution in [2.45, 2.75) is 98.3 Å². The highest BCUT2D eigenvalue weighted by atomic mass is 16.2. The molecule has 8 atom stereocenters. The first-order valence-electron chi connectivity index (χ1n) is 24.1. The predicted octanol–water partition coefficient (Wildman–Crippen LogP) is 12.1. The van der Waals surface area contributed by atoms with Gasteiger partial charge in [-0.2, -0.15) is 0 Å². The maximum atomic E-state index is 14.5. The number of imide groups is 2. The predicted molar refractivity (Wildman–Crippen MR) is 261 cm³/mol. The molecule has 10 rings (SSSR count). The maximum Gasteiger partial charge on any atom is 0.238 e. The largest absolute Gasteiger partial charge is 0.274 e. The molecule has 0 radical (unpaired) electrons. The summed E-state index contributed by atoms with van der Waals surface area (Å²) >= 11 is 0. The van der Waals surface area contributed by atoms with Crippen LogP contribution in [-0.2, 0) is 38.4 Å². The molecule has 0 N–H and O–H groups in total. The van der Waals surface area contributed by atoms with Crippen LogP contribution in [0.2, 0.25) is 0 Å². The molecule has 4 aromatic rings. The second-order valence-electron chi connectivity index (χ2n) is 20.7. The summed E-state index contributed by atoms with van der Waals surface area (Å²) < 4.78 is 0. The smallest absolute Gasteiger partial charge is 0.238 e. The summed E-state index contributed by atoms with van der Waals surface area (Å²) in [5.41, 5.74) is 15.0. The van der Waals surface area contributed by atoms with Crippen molar-refractivity contribution in [2.75, 3.05) is 9.80 Å². The molecular formula is C59H62N2O4. The van der Waals surface area contributed by atoms with Gasteiger partial charge in [0.05, 0.1) is 35.0 Å². The van der Waals surface area contributed by atoms with Crippen LogP contribution in [0.15, 0.2) is 109 Å². The molecule has 6 nitrogen and oxygen atoms in total. The number of allylic oxidation sites excluding steroid dienone is 4. The van der Waals surface area contributed by atoms with E-state index >= 15 is 0 Å². The summed E-state index contributed by atoms with van der Waals surface area (Å²) in [6.45, 7) is 20.4. The van der Waals surface area contributed by atoms with Crippen LogP contribution in [0.5, 0.6) is 0 Å². The first-order chi connectivity index (χ1) is 31.3. The normalized spacial score (nSPS) is 26.2. The minimum Gasteiger partial charge on any atom is -0.274 e. The number of hydrogen-bond donors (Lipinski definition) is 0. The lowest BCUT2D eigenvalue weighted by atomic mass is 9.79. The third-order valence-electron chi connectivity index (χ3n) is 16.2. The number of fused-ring (bicyclic) bond motifs is 10. The molecule has 65 heavy (non-hydrogen) atoms. The van der Waals surface area contributed by atoms with E-state index < -0.39 is 0 Å². The monoisotopic (exact) mass is 862 g/mol. The number of hydrogen-bond acceptors (Lipinski definition) is 4. The van der Waals surface area contributed by atoms with Crippen LogP contribution in [0, 0.1) is 61.2 Å². The van der Waals surface area contributed by atoms with Gasteiger partial charge >= 0.3 is 0 Å². The Hall–Kier alpha value is -5.88. The molecule has 0 spiro atoms. The number of benzene rings is 4. The molecule has 6 aliphatic rings. The Labute approximate surface area is 385 Å². The molecular weight excluding hydrogens is 801 g/mol. The van der Waals surface area contributed by atoms with E-state index in [4.69, 9.17) is 0 Å². The standard InChI is InChI=1S/C59H62N2O4/c1-9-36-11-15-38(16-12-36)19-21-42-28-44-30-48(42)52-50(44)56(62)60(58(52)64)54-34(7)23-40(26-46(54)32(3)4)25-41-24-35(8)55(47(27-41)33(5)6)61-57(63)51-45-29-43(49(31-45)53(51)59(61)65)22-20-39-17-13-37(10-2)14-18-39/h9-18,23-24,26-29,32-33,44-45,48-53H,1-2,19-22,25,30-31H2,3-8H3. The van der Waals surface area contributed by atoms with E-state index in [1.807, 2.05) is 26.0 Å². The van der Waals surface area contributed by atoms with Crippen molar-refractivity contribution in [3.05, 3.63) is 165 Å². The van der Waals surface area contributed by atoms with Gasteiger partial charge in [-0.25, -0.2) is 9.80 Å². The first-order valence-corrected chi connectivity index (χ1v) is 24.1. The van der Waals surface area contributed by atoms with Gasteiger partial charge in [0.1, 0.15) is 0 Å². The van der Waals surface area contributed by atoms with Crippen LogP contribution >= 0.6 is 0 Å². The highest BCUT2D eigenvalue weighted by Crippen LogP contribution is 2.59. The summed E-state index contributed by atoms with van der Waals surface area (Å²) in [4.78, 5) is 61.0. The number of carbonyl (C=O) groups excluding carboxylic acids is 4. The van der Waals surface area contributed by atoms with E-state index in [-0.39, 0.29) is 82.8 Å². The topological polar surface area (TPSA) is 74.8 Å². The van der Waals surface area contributed by atoms with Gasteiger partial charge in [0.2, 0.25) is 23.6 Å². The number of rotatable bonds is 14. The molecule has 2 aliphatic heterocycles. The van der Waals surface area contributed by atoms with Crippen molar-refractivity contribution < 1.29 is 19.2 Å². The first kappa shape index (κ1) is 43.0. The van der Waals surface area contributed by atoms with Crippen molar-refractivity contribution in [1.82, 2.24) is 0 Å². The average Bonchev–Trinajstić information content (AvgIpc) is 4.14. The quantitative estimate of drug-likeness (QED) is 0.0935. The number of carbonyl (C=O) groups is 4. The fraction of sp³-hybridized carbons (Fsp3) is 0.390. The van der Waals surface area contributed by atoms with Crippen molar-refractivity contribution in [1.29, 1.82) is 0 Å². The van der Waals surface area contributed by atoms with E-state index in [0.717, 1.165) is 94.4 Å². The van der Waals surface area contributed by atoms with Crippen LogP contribution in [0.25, 0.3) is 12.2 Å². The Morgan fingerprint density at radius 3 is 1.25 bits per heavy atom. The third-order valence-corrected chi connectivity index (χ3v) is 16.2. The summed E-state index contributed by atoms with van der Waals surface area (Å²) in [6.07, 6.45) is 14.4. The Morgan fingerprint density at radius 1 is 0.523 bits per heavy atom. The average molecular weight is 863 g/mol.